The highest BCUT2D eigenvalue weighted by Crippen LogP contribution is 2.28. The number of benzene rings is 2. The van der Waals surface area contributed by atoms with Gasteiger partial charge in [0, 0.05) is 23.1 Å². The minimum absolute atomic E-state index is 0.489. The van der Waals surface area contributed by atoms with E-state index in [1.54, 1.807) is 7.11 Å². The third kappa shape index (κ3) is 2.60. The van der Waals surface area contributed by atoms with Crippen molar-refractivity contribution in [3.8, 4) is 11.5 Å². The van der Waals surface area contributed by atoms with Crippen molar-refractivity contribution in [3.63, 3.8) is 0 Å². The van der Waals surface area contributed by atoms with Crippen LogP contribution in [0.1, 0.15) is 12.6 Å². The normalized spacial score (nSPS) is 10.8. The van der Waals surface area contributed by atoms with Crippen molar-refractivity contribution in [1.82, 2.24) is 4.57 Å². The largest absolute Gasteiger partial charge is 0.493 e. The molecule has 0 atom stereocenters. The molecular formula is C18H20N2O2. The molecule has 0 fully saturated rings. The molecule has 0 radical (unpaired) electrons. The summed E-state index contributed by atoms with van der Waals surface area (Å²) in [4.78, 5) is 0. The van der Waals surface area contributed by atoms with E-state index in [0.717, 1.165) is 34.8 Å². The summed E-state index contributed by atoms with van der Waals surface area (Å²) in [7, 11) is 1.65. The van der Waals surface area contributed by atoms with E-state index in [2.05, 4.69) is 23.6 Å². The van der Waals surface area contributed by atoms with Gasteiger partial charge in [0.15, 0.2) is 11.5 Å². The summed E-state index contributed by atoms with van der Waals surface area (Å²) in [5.41, 5.74) is 8.94. The van der Waals surface area contributed by atoms with Crippen molar-refractivity contribution in [1.29, 1.82) is 0 Å². The van der Waals surface area contributed by atoms with Gasteiger partial charge in [-0.15, -0.1) is 0 Å². The van der Waals surface area contributed by atoms with E-state index in [1.807, 2.05) is 36.4 Å². The first-order chi connectivity index (χ1) is 10.7. The minimum atomic E-state index is 0.489. The van der Waals surface area contributed by atoms with Gasteiger partial charge in [0.25, 0.3) is 0 Å². The second-order valence-electron chi connectivity index (χ2n) is 5.14. The fourth-order valence-corrected chi connectivity index (χ4v) is 2.73. The van der Waals surface area contributed by atoms with Crippen molar-refractivity contribution in [2.75, 3.05) is 12.8 Å². The highest BCUT2D eigenvalue weighted by Gasteiger charge is 2.10. The van der Waals surface area contributed by atoms with Crippen molar-refractivity contribution >= 4 is 16.6 Å². The van der Waals surface area contributed by atoms with Crippen molar-refractivity contribution in [2.45, 2.75) is 20.1 Å². The van der Waals surface area contributed by atoms with Gasteiger partial charge < -0.3 is 19.8 Å². The van der Waals surface area contributed by atoms with Gasteiger partial charge in [-0.1, -0.05) is 12.1 Å². The first-order valence-electron chi connectivity index (χ1n) is 7.36. The van der Waals surface area contributed by atoms with Gasteiger partial charge in [-0.2, -0.15) is 0 Å². The molecule has 1 aromatic heterocycles. The molecule has 0 aliphatic heterocycles. The van der Waals surface area contributed by atoms with Gasteiger partial charge in [-0.3, -0.25) is 0 Å². The van der Waals surface area contributed by atoms with Crippen LogP contribution in [0.25, 0.3) is 10.9 Å². The zero-order chi connectivity index (χ0) is 15.5. The molecule has 0 saturated heterocycles. The quantitative estimate of drug-likeness (QED) is 0.728. The highest BCUT2D eigenvalue weighted by molar-refractivity contribution is 5.84. The molecule has 0 unspecified atom stereocenters. The summed E-state index contributed by atoms with van der Waals surface area (Å²) in [6.45, 7) is 3.50. The fraction of sp³-hybridized carbons (Fsp3) is 0.222. The Balaban J connectivity index is 1.90. The predicted octanol–water partition coefficient (Wildman–Crippen LogP) is 3.83. The van der Waals surface area contributed by atoms with Crippen LogP contribution in [0, 0.1) is 0 Å². The molecule has 0 amide bonds. The average Bonchev–Trinajstić information content (AvgIpc) is 2.89. The number of fused-ring (bicyclic) bond motifs is 1. The number of nitrogen functional groups attached to an aromatic ring is 1. The molecule has 4 heteroatoms. The zero-order valence-electron chi connectivity index (χ0n) is 12.9. The third-order valence-electron chi connectivity index (χ3n) is 3.77. The maximum absolute atomic E-state index is 5.94. The number of hydrogen-bond donors (Lipinski definition) is 1. The van der Waals surface area contributed by atoms with Crippen molar-refractivity contribution in [2.24, 2.45) is 0 Å². The molecule has 3 aromatic rings. The molecule has 2 aromatic carbocycles. The molecule has 4 nitrogen and oxygen atoms in total. The Kier molecular flexibility index (Phi) is 3.92. The lowest BCUT2D eigenvalue weighted by molar-refractivity contribution is 0.277. The number of hydrogen-bond acceptors (Lipinski definition) is 3. The summed E-state index contributed by atoms with van der Waals surface area (Å²) in [6, 6.07) is 15.8. The van der Waals surface area contributed by atoms with Crippen LogP contribution in [0.15, 0.2) is 48.5 Å². The van der Waals surface area contributed by atoms with E-state index >= 15 is 0 Å². The van der Waals surface area contributed by atoms with E-state index in [1.165, 1.54) is 5.52 Å². The van der Waals surface area contributed by atoms with Crippen LogP contribution in [0.5, 0.6) is 11.5 Å². The first kappa shape index (κ1) is 14.3. The summed E-state index contributed by atoms with van der Waals surface area (Å²) in [5, 5.41) is 1.14. The number of para-hydroxylation sites is 2. The molecule has 0 spiro atoms. The summed E-state index contributed by atoms with van der Waals surface area (Å²) in [5.74, 6) is 1.49. The molecule has 1 heterocycles. The number of rotatable bonds is 5. The molecule has 0 saturated carbocycles. The summed E-state index contributed by atoms with van der Waals surface area (Å²) >= 11 is 0. The van der Waals surface area contributed by atoms with E-state index in [4.69, 9.17) is 15.2 Å². The highest BCUT2D eigenvalue weighted by atomic mass is 16.5. The lowest BCUT2D eigenvalue weighted by atomic mass is 10.2. The van der Waals surface area contributed by atoms with E-state index in [9.17, 15) is 0 Å². The van der Waals surface area contributed by atoms with Gasteiger partial charge in [0.1, 0.15) is 6.61 Å². The molecule has 0 bridgehead atoms. The van der Waals surface area contributed by atoms with E-state index < -0.39 is 0 Å². The Morgan fingerprint density at radius 1 is 1.05 bits per heavy atom. The van der Waals surface area contributed by atoms with Gasteiger partial charge in [0.2, 0.25) is 0 Å². The SMILES string of the molecule is CCn1c(COc2ccccc2OC)cc2cc(N)ccc21. The second-order valence-corrected chi connectivity index (χ2v) is 5.14. The number of ether oxygens (including phenoxy) is 2. The Labute approximate surface area is 130 Å². The maximum Gasteiger partial charge on any atom is 0.161 e. The molecule has 2 N–H and O–H groups in total. The van der Waals surface area contributed by atoms with Crippen LogP contribution in [0.2, 0.25) is 0 Å². The van der Waals surface area contributed by atoms with Crippen LogP contribution in [0.4, 0.5) is 5.69 Å². The molecule has 0 aliphatic carbocycles. The van der Waals surface area contributed by atoms with Crippen LogP contribution in [-0.2, 0) is 13.2 Å². The van der Waals surface area contributed by atoms with Crippen molar-refractivity contribution < 1.29 is 9.47 Å². The molecular weight excluding hydrogens is 276 g/mol. The van der Waals surface area contributed by atoms with Crippen molar-refractivity contribution in [3.05, 3.63) is 54.2 Å². The minimum Gasteiger partial charge on any atom is -0.493 e. The van der Waals surface area contributed by atoms with Crippen LogP contribution >= 0.6 is 0 Å². The fourth-order valence-electron chi connectivity index (χ4n) is 2.73. The zero-order valence-corrected chi connectivity index (χ0v) is 12.9. The Hall–Kier alpha value is -2.62. The lowest BCUT2D eigenvalue weighted by Gasteiger charge is -2.12. The molecule has 22 heavy (non-hydrogen) atoms. The number of aryl methyl sites for hydroxylation is 1. The van der Waals surface area contributed by atoms with E-state index in [-0.39, 0.29) is 0 Å². The Bertz CT molecular complexity index is 793. The topological polar surface area (TPSA) is 49.4 Å². The number of aromatic nitrogens is 1. The van der Waals surface area contributed by atoms with Gasteiger partial charge in [-0.05, 0) is 43.3 Å². The maximum atomic E-state index is 5.94. The van der Waals surface area contributed by atoms with E-state index in [0.29, 0.717) is 6.61 Å². The van der Waals surface area contributed by atoms with Gasteiger partial charge in [0.05, 0.1) is 12.8 Å². The Morgan fingerprint density at radius 3 is 2.55 bits per heavy atom. The number of anilines is 1. The average molecular weight is 296 g/mol. The molecule has 114 valence electrons. The molecule has 0 aliphatic rings. The number of nitrogens with two attached hydrogens (primary N) is 1. The third-order valence-corrected chi connectivity index (χ3v) is 3.77. The van der Waals surface area contributed by atoms with Crippen LogP contribution in [-0.4, -0.2) is 11.7 Å². The predicted molar refractivity (Wildman–Crippen MR) is 89.4 cm³/mol. The standard InChI is InChI=1S/C18H20N2O2/c1-3-20-15(11-13-10-14(19)8-9-16(13)20)12-22-18-7-5-4-6-17(18)21-2/h4-11H,3,12,19H2,1-2H3. The number of methoxy groups -OCH3 is 1. The molecule has 3 rings (SSSR count). The van der Waals surface area contributed by atoms with Gasteiger partial charge in [-0.25, -0.2) is 0 Å². The lowest BCUT2D eigenvalue weighted by Crippen LogP contribution is -2.05. The van der Waals surface area contributed by atoms with Crippen LogP contribution in [0.3, 0.4) is 0 Å². The smallest absolute Gasteiger partial charge is 0.161 e. The number of nitrogens with zero attached hydrogens (tertiary/aromatic N) is 1. The Morgan fingerprint density at radius 2 is 1.82 bits per heavy atom. The second kappa shape index (κ2) is 6.02. The summed E-state index contributed by atoms with van der Waals surface area (Å²) in [6.07, 6.45) is 0. The van der Waals surface area contributed by atoms with Gasteiger partial charge >= 0.3 is 0 Å². The first-order valence-corrected chi connectivity index (χ1v) is 7.36. The monoisotopic (exact) mass is 296 g/mol. The van der Waals surface area contributed by atoms with Crippen LogP contribution < -0.4 is 15.2 Å². The summed E-state index contributed by atoms with van der Waals surface area (Å²) < 4.78 is 13.5.